The Hall–Kier alpha value is -2.77. The van der Waals surface area contributed by atoms with Crippen LogP contribution in [-0.2, 0) is 17.8 Å². The molecule has 0 saturated heterocycles. The van der Waals surface area contributed by atoms with E-state index in [-0.39, 0.29) is 24.2 Å². The van der Waals surface area contributed by atoms with Gasteiger partial charge in [0.15, 0.2) is 0 Å². The third-order valence-corrected chi connectivity index (χ3v) is 3.93. The Kier molecular flexibility index (Phi) is 5.06. The Balaban J connectivity index is 1.57. The molecule has 0 aliphatic carbocycles. The van der Waals surface area contributed by atoms with E-state index in [9.17, 15) is 9.18 Å². The van der Waals surface area contributed by atoms with Crippen LogP contribution < -0.4 is 5.32 Å². The molecule has 1 amide bonds. The number of halogens is 1. The van der Waals surface area contributed by atoms with Crippen LogP contribution in [0, 0.1) is 5.82 Å². The monoisotopic (exact) mass is 344 g/mol. The lowest BCUT2D eigenvalue weighted by Gasteiger charge is -2.14. The Morgan fingerprint density at radius 2 is 2.28 bits per heavy atom. The fourth-order valence-electron chi connectivity index (χ4n) is 2.76. The Morgan fingerprint density at radius 3 is 3.08 bits per heavy atom. The summed E-state index contributed by atoms with van der Waals surface area (Å²) in [6.45, 7) is 4.72. The second-order valence-electron chi connectivity index (χ2n) is 5.98. The summed E-state index contributed by atoms with van der Waals surface area (Å²) in [5.74, 6) is 1.00. The van der Waals surface area contributed by atoms with Crippen molar-refractivity contribution in [2.75, 3.05) is 0 Å². The van der Waals surface area contributed by atoms with E-state index in [4.69, 9.17) is 0 Å². The molecule has 2 N–H and O–H groups in total. The number of hydrogen-bond donors (Lipinski definition) is 2. The first-order valence-electron chi connectivity index (χ1n) is 8.38. The maximum absolute atomic E-state index is 13.2. The maximum atomic E-state index is 13.2. The van der Waals surface area contributed by atoms with Crippen molar-refractivity contribution in [1.82, 2.24) is 30.0 Å². The summed E-state index contributed by atoms with van der Waals surface area (Å²) in [5, 5.41) is 7.10. The van der Waals surface area contributed by atoms with E-state index in [1.807, 2.05) is 6.92 Å². The number of imidazole rings is 1. The first-order chi connectivity index (χ1) is 12.1. The van der Waals surface area contributed by atoms with Crippen molar-refractivity contribution < 1.29 is 9.18 Å². The van der Waals surface area contributed by atoms with E-state index < -0.39 is 0 Å². The van der Waals surface area contributed by atoms with Gasteiger partial charge in [0, 0.05) is 19.4 Å². The highest BCUT2D eigenvalue weighted by Crippen LogP contribution is 2.14. The van der Waals surface area contributed by atoms with Crippen LogP contribution in [0.25, 0.3) is 11.0 Å². The molecule has 7 nitrogen and oxygen atoms in total. The van der Waals surface area contributed by atoms with Crippen LogP contribution in [-0.4, -0.2) is 30.6 Å². The number of nitrogens with zero attached hydrogens (tertiary/aromatic N) is 4. The maximum Gasteiger partial charge on any atom is 0.221 e. The van der Waals surface area contributed by atoms with Gasteiger partial charge in [-0.3, -0.25) is 4.79 Å². The number of carbonyl (C=O) groups is 1. The molecule has 3 rings (SSSR count). The lowest BCUT2D eigenvalue weighted by molar-refractivity contribution is -0.121. The number of H-pyrrole nitrogens is 1. The van der Waals surface area contributed by atoms with Gasteiger partial charge >= 0.3 is 0 Å². The number of benzene rings is 1. The van der Waals surface area contributed by atoms with Gasteiger partial charge in [0.05, 0.1) is 17.1 Å². The third kappa shape index (κ3) is 4.01. The minimum Gasteiger partial charge on any atom is -0.346 e. The highest BCUT2D eigenvalue weighted by molar-refractivity contribution is 5.77. The van der Waals surface area contributed by atoms with Gasteiger partial charge < -0.3 is 10.3 Å². The average molecular weight is 344 g/mol. The Morgan fingerprint density at radius 1 is 1.44 bits per heavy atom. The SMILES string of the molecule is CCCn1ncnc1C(C)NC(=O)CCc1nc2ccc(F)cc2[nH]1. The topological polar surface area (TPSA) is 88.5 Å². The molecule has 0 aliphatic heterocycles. The smallest absolute Gasteiger partial charge is 0.221 e. The molecule has 0 radical (unpaired) electrons. The largest absolute Gasteiger partial charge is 0.346 e. The molecular formula is C17H21FN6O. The van der Waals surface area contributed by atoms with E-state index in [2.05, 4.69) is 32.3 Å². The molecule has 2 aromatic heterocycles. The van der Waals surface area contributed by atoms with Gasteiger partial charge in [-0.15, -0.1) is 0 Å². The standard InChI is InChI=1S/C17H21FN6O/c1-3-8-24-17(19-10-20-24)11(2)21-16(25)7-6-15-22-13-5-4-12(18)9-14(13)23-15/h4-5,9-11H,3,6-8H2,1-2H3,(H,21,25)(H,22,23). The van der Waals surface area contributed by atoms with E-state index in [1.165, 1.54) is 18.5 Å². The number of aromatic nitrogens is 5. The minimum atomic E-state index is -0.314. The van der Waals surface area contributed by atoms with E-state index in [0.29, 0.717) is 23.3 Å². The zero-order chi connectivity index (χ0) is 17.8. The molecule has 25 heavy (non-hydrogen) atoms. The molecule has 1 atom stereocenters. The molecule has 2 heterocycles. The minimum absolute atomic E-state index is 0.0924. The summed E-state index contributed by atoms with van der Waals surface area (Å²) in [6, 6.07) is 4.17. The molecule has 0 spiro atoms. The van der Waals surface area contributed by atoms with Crippen molar-refractivity contribution in [1.29, 1.82) is 0 Å². The zero-order valence-corrected chi connectivity index (χ0v) is 14.3. The first kappa shape index (κ1) is 17.1. The lowest BCUT2D eigenvalue weighted by Crippen LogP contribution is -2.29. The van der Waals surface area contributed by atoms with Gasteiger partial charge in [-0.25, -0.2) is 19.0 Å². The van der Waals surface area contributed by atoms with Crippen LogP contribution in [0.3, 0.4) is 0 Å². The molecule has 0 bridgehead atoms. The highest BCUT2D eigenvalue weighted by atomic mass is 19.1. The number of rotatable bonds is 7. The van der Waals surface area contributed by atoms with Crippen molar-refractivity contribution in [3.63, 3.8) is 0 Å². The molecule has 0 fully saturated rings. The molecule has 0 saturated carbocycles. The summed E-state index contributed by atoms with van der Waals surface area (Å²) in [7, 11) is 0. The summed E-state index contributed by atoms with van der Waals surface area (Å²) >= 11 is 0. The predicted octanol–water partition coefficient (Wildman–Crippen LogP) is 2.51. The fraction of sp³-hybridized carbons (Fsp3) is 0.412. The number of carbonyl (C=O) groups excluding carboxylic acids is 1. The van der Waals surface area contributed by atoms with Crippen LogP contribution in [0.5, 0.6) is 0 Å². The van der Waals surface area contributed by atoms with Gasteiger partial charge in [0.1, 0.15) is 23.8 Å². The zero-order valence-electron chi connectivity index (χ0n) is 14.3. The van der Waals surface area contributed by atoms with E-state index in [1.54, 1.807) is 10.7 Å². The highest BCUT2D eigenvalue weighted by Gasteiger charge is 2.15. The molecule has 1 aromatic carbocycles. The number of fused-ring (bicyclic) bond motifs is 1. The number of amides is 1. The Bertz CT molecular complexity index is 871. The second-order valence-corrected chi connectivity index (χ2v) is 5.98. The molecule has 132 valence electrons. The van der Waals surface area contributed by atoms with E-state index in [0.717, 1.165) is 18.8 Å². The molecule has 8 heteroatoms. The van der Waals surface area contributed by atoms with Gasteiger partial charge in [-0.2, -0.15) is 5.10 Å². The van der Waals surface area contributed by atoms with Gasteiger partial charge in [-0.1, -0.05) is 6.92 Å². The second kappa shape index (κ2) is 7.42. The van der Waals surface area contributed by atoms with Crippen molar-refractivity contribution in [3.8, 4) is 0 Å². The summed E-state index contributed by atoms with van der Waals surface area (Å²) in [4.78, 5) is 23.8. The van der Waals surface area contributed by atoms with Gasteiger partial charge in [0.25, 0.3) is 0 Å². The van der Waals surface area contributed by atoms with Crippen molar-refractivity contribution in [3.05, 3.63) is 42.0 Å². The average Bonchev–Trinajstić information content (AvgIpc) is 3.19. The first-order valence-corrected chi connectivity index (χ1v) is 8.38. The number of aromatic amines is 1. The predicted molar refractivity (Wildman–Crippen MR) is 91.2 cm³/mol. The molecule has 0 aliphatic rings. The van der Waals surface area contributed by atoms with Crippen LogP contribution in [0.1, 0.15) is 44.4 Å². The summed E-state index contributed by atoms with van der Waals surface area (Å²) in [6.07, 6.45) is 3.19. The Labute approximate surface area is 144 Å². The summed E-state index contributed by atoms with van der Waals surface area (Å²) < 4.78 is 15.0. The van der Waals surface area contributed by atoms with Crippen LogP contribution in [0.4, 0.5) is 4.39 Å². The van der Waals surface area contributed by atoms with Gasteiger partial charge in [-0.05, 0) is 31.5 Å². The molecular weight excluding hydrogens is 323 g/mol. The third-order valence-electron chi connectivity index (χ3n) is 3.93. The number of hydrogen-bond acceptors (Lipinski definition) is 4. The number of nitrogens with one attached hydrogen (secondary N) is 2. The van der Waals surface area contributed by atoms with Crippen molar-refractivity contribution in [2.24, 2.45) is 0 Å². The number of aryl methyl sites for hydroxylation is 2. The van der Waals surface area contributed by atoms with Crippen molar-refractivity contribution >= 4 is 16.9 Å². The van der Waals surface area contributed by atoms with Crippen LogP contribution >= 0.6 is 0 Å². The molecule has 1 unspecified atom stereocenters. The normalized spacial score (nSPS) is 12.4. The lowest BCUT2D eigenvalue weighted by atomic mass is 10.2. The fourth-order valence-corrected chi connectivity index (χ4v) is 2.76. The van der Waals surface area contributed by atoms with Gasteiger partial charge in [0.2, 0.25) is 5.91 Å². The summed E-state index contributed by atoms with van der Waals surface area (Å²) in [5.41, 5.74) is 1.33. The van der Waals surface area contributed by atoms with Crippen LogP contribution in [0.15, 0.2) is 24.5 Å². The quantitative estimate of drug-likeness (QED) is 0.689. The van der Waals surface area contributed by atoms with Crippen LogP contribution in [0.2, 0.25) is 0 Å². The molecule has 3 aromatic rings. The van der Waals surface area contributed by atoms with E-state index >= 15 is 0 Å². The van der Waals surface area contributed by atoms with Crippen molar-refractivity contribution in [2.45, 2.75) is 45.7 Å².